The third-order valence-electron chi connectivity index (χ3n) is 0.626. The molecule has 0 radical (unpaired) electrons. The van der Waals surface area contributed by atoms with Crippen LogP contribution >= 0.6 is 11.8 Å². The highest BCUT2D eigenvalue weighted by atomic mass is 32.2. The van der Waals surface area contributed by atoms with Gasteiger partial charge >= 0.3 is 0 Å². The first-order chi connectivity index (χ1) is 3.41. The molecule has 0 aliphatic carbocycles. The van der Waals surface area contributed by atoms with Gasteiger partial charge in [0, 0.05) is 0 Å². The lowest BCUT2D eigenvalue weighted by atomic mass is 10.6. The van der Waals surface area contributed by atoms with E-state index in [2.05, 4.69) is 6.92 Å². The van der Waals surface area contributed by atoms with Crippen molar-refractivity contribution >= 4 is 11.8 Å². The average molecular weight is 140 g/mol. The van der Waals surface area contributed by atoms with Crippen LogP contribution in [0.15, 0.2) is 0 Å². The lowest BCUT2D eigenvalue weighted by Crippen LogP contribution is -1.80. The molecule has 52 valence electrons. The number of hydrogen-bond acceptors (Lipinski definition) is 1. The molecule has 1 nitrogen and oxygen atoms in total. The second-order valence-electron chi connectivity index (χ2n) is 1.24. The van der Waals surface area contributed by atoms with Crippen LogP contribution in [-0.2, 0) is 0 Å². The van der Waals surface area contributed by atoms with Gasteiger partial charge in [-0.1, -0.05) is 6.92 Å². The van der Waals surface area contributed by atoms with Crippen LogP contribution in [0, 0.1) is 0 Å². The van der Waals surface area contributed by atoms with Crippen molar-refractivity contribution in [1.82, 2.24) is 0 Å². The van der Waals surface area contributed by atoms with Gasteiger partial charge in [-0.05, 0) is 17.9 Å². The summed E-state index contributed by atoms with van der Waals surface area (Å²) in [6.45, 7) is 1.93. The Labute approximate surface area is 54.0 Å². The maximum Gasteiger partial charge on any atom is 0.0902 e. The van der Waals surface area contributed by atoms with Crippen molar-refractivity contribution < 1.29 is 9.87 Å². The monoisotopic (exact) mass is 140 g/mol. The fraction of sp³-hybridized carbons (Fsp3) is 1.00. The normalized spacial score (nSPS) is 8.25. The molecule has 0 bridgehead atoms. The molecule has 0 heterocycles. The molecule has 0 aromatic carbocycles. The Bertz CT molecular complexity index is 31.6. The first kappa shape index (κ1) is 11.1. The van der Waals surface area contributed by atoms with Crippen LogP contribution in [0.5, 0.6) is 0 Å². The fourth-order valence-corrected chi connectivity index (χ4v) is 0.903. The molecule has 2 N–H and O–H groups in total. The van der Waals surface area contributed by atoms with E-state index in [4.69, 9.17) is 0 Å². The summed E-state index contributed by atoms with van der Waals surface area (Å²) in [5.74, 6) is 2.09. The van der Waals surface area contributed by atoms with Crippen LogP contribution in [0.1, 0.15) is 13.3 Å². The molecule has 0 spiro atoms. The van der Waals surface area contributed by atoms with Gasteiger partial charge in [0.05, 0.1) is 6.67 Å². The average Bonchev–Trinajstić information content (AvgIpc) is 1.69. The summed E-state index contributed by atoms with van der Waals surface area (Å²) in [6, 6.07) is 0. The Morgan fingerprint density at radius 2 is 2.12 bits per heavy atom. The largest absolute Gasteiger partial charge is 0.412 e. The van der Waals surface area contributed by atoms with Crippen LogP contribution in [0.3, 0.4) is 0 Å². The molecule has 0 aromatic rings. The summed E-state index contributed by atoms with van der Waals surface area (Å²) >= 11 is 1.79. The smallest absolute Gasteiger partial charge is 0.0902 e. The van der Waals surface area contributed by atoms with Crippen molar-refractivity contribution in [3.05, 3.63) is 0 Å². The topological polar surface area (TPSA) is 31.5 Å². The van der Waals surface area contributed by atoms with Gasteiger partial charge in [0.1, 0.15) is 0 Å². The molecular formula is C5H13FOS. The molecule has 0 aliphatic rings. The maximum absolute atomic E-state index is 11.3. The fourth-order valence-electron chi connectivity index (χ4n) is 0.301. The molecule has 8 heavy (non-hydrogen) atoms. The van der Waals surface area contributed by atoms with Crippen LogP contribution in [-0.4, -0.2) is 23.7 Å². The third kappa shape index (κ3) is 9.53. The third-order valence-corrected chi connectivity index (χ3v) is 1.61. The van der Waals surface area contributed by atoms with Crippen molar-refractivity contribution in [2.45, 2.75) is 13.3 Å². The highest BCUT2D eigenvalue weighted by Crippen LogP contribution is 1.99. The minimum absolute atomic E-state index is 0. The minimum atomic E-state index is -0.160. The van der Waals surface area contributed by atoms with Crippen molar-refractivity contribution in [2.75, 3.05) is 18.2 Å². The van der Waals surface area contributed by atoms with Gasteiger partial charge in [-0.15, -0.1) is 0 Å². The number of hydrogen-bond donors (Lipinski definition) is 0. The van der Waals surface area contributed by atoms with Crippen molar-refractivity contribution in [1.29, 1.82) is 0 Å². The van der Waals surface area contributed by atoms with Gasteiger partial charge in [0.15, 0.2) is 0 Å². The van der Waals surface area contributed by atoms with Gasteiger partial charge in [-0.2, -0.15) is 11.8 Å². The van der Waals surface area contributed by atoms with Crippen molar-refractivity contribution in [3.63, 3.8) is 0 Å². The highest BCUT2D eigenvalue weighted by Gasteiger charge is 1.82. The quantitative estimate of drug-likeness (QED) is 0.541. The van der Waals surface area contributed by atoms with E-state index in [1.165, 1.54) is 0 Å². The van der Waals surface area contributed by atoms with E-state index in [9.17, 15) is 4.39 Å². The highest BCUT2D eigenvalue weighted by molar-refractivity contribution is 7.99. The Balaban J connectivity index is 0. The lowest BCUT2D eigenvalue weighted by molar-refractivity contribution is 0.489. The lowest BCUT2D eigenvalue weighted by Gasteiger charge is -1.89. The number of halogens is 1. The molecule has 0 saturated carbocycles. The van der Waals surface area contributed by atoms with Gasteiger partial charge in [-0.3, -0.25) is 4.39 Å². The summed E-state index contributed by atoms with van der Waals surface area (Å²) in [4.78, 5) is 0. The second-order valence-corrected chi connectivity index (χ2v) is 2.63. The van der Waals surface area contributed by atoms with Gasteiger partial charge < -0.3 is 5.48 Å². The van der Waals surface area contributed by atoms with Crippen LogP contribution in [0.4, 0.5) is 4.39 Å². The maximum atomic E-state index is 11.3. The van der Waals surface area contributed by atoms with Crippen molar-refractivity contribution in [2.24, 2.45) is 0 Å². The van der Waals surface area contributed by atoms with E-state index in [1.54, 1.807) is 11.8 Å². The molecular weight excluding hydrogens is 127 g/mol. The summed E-state index contributed by atoms with van der Waals surface area (Å²) in [5, 5.41) is 0. The van der Waals surface area contributed by atoms with Crippen LogP contribution in [0.2, 0.25) is 0 Å². The number of thioether (sulfide) groups is 1. The SMILES string of the molecule is CCSCCCF.O. The zero-order valence-corrected chi connectivity index (χ0v) is 5.93. The molecule has 0 aliphatic heterocycles. The van der Waals surface area contributed by atoms with Crippen LogP contribution < -0.4 is 0 Å². The standard InChI is InChI=1S/C5H11FS.H2O/c1-2-7-5-3-4-6;/h2-5H2,1H3;1H2. The summed E-state index contributed by atoms with van der Waals surface area (Å²) in [6.07, 6.45) is 0.721. The van der Waals surface area contributed by atoms with E-state index >= 15 is 0 Å². The molecule has 0 aromatic heterocycles. The summed E-state index contributed by atoms with van der Waals surface area (Å²) < 4.78 is 11.3. The Kier molecular flexibility index (Phi) is 14.2. The van der Waals surface area contributed by atoms with Gasteiger partial charge in [0.25, 0.3) is 0 Å². The Hall–Kier alpha value is 0.240. The number of alkyl halides is 1. The first-order valence-corrected chi connectivity index (χ1v) is 3.71. The second kappa shape index (κ2) is 10.3. The first-order valence-electron chi connectivity index (χ1n) is 2.55. The molecule has 0 fully saturated rings. The van der Waals surface area contributed by atoms with E-state index in [0.717, 1.165) is 17.9 Å². The van der Waals surface area contributed by atoms with E-state index < -0.39 is 0 Å². The molecule has 0 rings (SSSR count). The van der Waals surface area contributed by atoms with Crippen LogP contribution in [0.25, 0.3) is 0 Å². The summed E-state index contributed by atoms with van der Waals surface area (Å²) in [5.41, 5.74) is 0. The zero-order valence-electron chi connectivity index (χ0n) is 5.11. The molecule has 0 unspecified atom stereocenters. The predicted molar refractivity (Wildman–Crippen MR) is 37.2 cm³/mol. The molecule has 3 heteroatoms. The molecule has 0 saturated heterocycles. The Morgan fingerprint density at radius 3 is 2.50 bits per heavy atom. The Morgan fingerprint density at radius 1 is 1.50 bits per heavy atom. The van der Waals surface area contributed by atoms with Crippen molar-refractivity contribution in [3.8, 4) is 0 Å². The molecule has 0 amide bonds. The molecule has 0 atom stereocenters. The minimum Gasteiger partial charge on any atom is -0.412 e. The van der Waals surface area contributed by atoms with E-state index in [0.29, 0.717) is 0 Å². The van der Waals surface area contributed by atoms with Gasteiger partial charge in [0.2, 0.25) is 0 Å². The zero-order chi connectivity index (χ0) is 5.54. The van der Waals surface area contributed by atoms with E-state index in [-0.39, 0.29) is 12.2 Å². The predicted octanol–water partition coefficient (Wildman–Crippen LogP) is 1.27. The summed E-state index contributed by atoms with van der Waals surface area (Å²) in [7, 11) is 0. The van der Waals surface area contributed by atoms with Gasteiger partial charge in [-0.25, -0.2) is 0 Å². The number of rotatable bonds is 4. The van der Waals surface area contributed by atoms with E-state index in [1.807, 2.05) is 0 Å².